The Labute approximate surface area is 101 Å². The molecule has 0 aromatic rings. The van der Waals surface area contributed by atoms with E-state index in [2.05, 4.69) is 39.9 Å². The lowest BCUT2D eigenvalue weighted by molar-refractivity contribution is -0.132. The fraction of sp³-hybridized carbons (Fsp3) is 0.923. The molecule has 0 saturated heterocycles. The second kappa shape index (κ2) is 6.89. The summed E-state index contributed by atoms with van der Waals surface area (Å²) in [4.78, 5) is 13.8. The highest BCUT2D eigenvalue weighted by molar-refractivity contribution is 5.76. The third kappa shape index (κ3) is 6.11. The highest BCUT2D eigenvalue weighted by atomic mass is 16.2. The number of nitrogens with zero attached hydrogens (tertiary/aromatic N) is 1. The molecule has 0 aromatic carbocycles. The molecular weight excluding hydrogens is 200 g/mol. The van der Waals surface area contributed by atoms with Crippen molar-refractivity contribution < 1.29 is 4.79 Å². The number of carbonyl (C=O) groups is 1. The molecule has 1 amide bonds. The smallest absolute Gasteiger partial charge is 0.223 e. The Morgan fingerprint density at radius 3 is 2.12 bits per heavy atom. The topological polar surface area (TPSA) is 32.3 Å². The zero-order valence-electron chi connectivity index (χ0n) is 11.8. The van der Waals surface area contributed by atoms with Gasteiger partial charge < -0.3 is 10.2 Å². The van der Waals surface area contributed by atoms with Gasteiger partial charge in [0.1, 0.15) is 0 Å². The molecule has 0 aromatic heterocycles. The summed E-state index contributed by atoms with van der Waals surface area (Å²) in [6, 6.07) is 0.391. The van der Waals surface area contributed by atoms with Gasteiger partial charge in [0.2, 0.25) is 5.91 Å². The Balaban J connectivity index is 3.97. The minimum atomic E-state index is 0.0910. The summed E-state index contributed by atoms with van der Waals surface area (Å²) in [6.07, 6.45) is 2.65. The summed E-state index contributed by atoms with van der Waals surface area (Å²) >= 11 is 0. The number of hydrogen-bond donors (Lipinski definition) is 1. The average Bonchev–Trinajstić information content (AvgIpc) is 2.17. The van der Waals surface area contributed by atoms with Crippen LogP contribution in [0.4, 0.5) is 0 Å². The molecule has 0 radical (unpaired) electrons. The first-order valence-electron chi connectivity index (χ1n) is 6.32. The lowest BCUT2D eigenvalue weighted by Crippen LogP contribution is -2.41. The highest BCUT2D eigenvalue weighted by Crippen LogP contribution is 2.07. The van der Waals surface area contributed by atoms with E-state index in [9.17, 15) is 4.79 Å². The van der Waals surface area contributed by atoms with Crippen LogP contribution >= 0.6 is 0 Å². The second-order valence-corrected chi connectivity index (χ2v) is 5.40. The average molecular weight is 228 g/mol. The fourth-order valence-corrected chi connectivity index (χ4v) is 1.76. The molecule has 0 aliphatic carbocycles. The van der Waals surface area contributed by atoms with Gasteiger partial charge in [0.05, 0.1) is 0 Å². The van der Waals surface area contributed by atoms with Crippen molar-refractivity contribution >= 4 is 5.91 Å². The van der Waals surface area contributed by atoms with Gasteiger partial charge in [-0.1, -0.05) is 13.8 Å². The normalized spacial score (nSPS) is 11.9. The quantitative estimate of drug-likeness (QED) is 0.757. The van der Waals surface area contributed by atoms with Gasteiger partial charge >= 0.3 is 0 Å². The molecule has 0 aliphatic heterocycles. The Kier molecular flexibility index (Phi) is 6.65. The fourth-order valence-electron chi connectivity index (χ4n) is 1.76. The van der Waals surface area contributed by atoms with Gasteiger partial charge in [-0.05, 0) is 33.6 Å². The number of carbonyl (C=O) groups excluding carboxylic acids is 1. The van der Waals surface area contributed by atoms with Crippen molar-refractivity contribution in [2.24, 2.45) is 0 Å². The molecule has 96 valence electrons. The second-order valence-electron chi connectivity index (χ2n) is 5.40. The Morgan fingerprint density at radius 1 is 1.25 bits per heavy atom. The maximum Gasteiger partial charge on any atom is 0.223 e. The zero-order chi connectivity index (χ0) is 12.8. The summed E-state index contributed by atoms with van der Waals surface area (Å²) in [6.45, 7) is 11.4. The number of nitrogens with one attached hydrogen (secondary N) is 1. The van der Waals surface area contributed by atoms with Crippen LogP contribution in [-0.2, 0) is 4.79 Å². The monoisotopic (exact) mass is 228 g/mol. The molecule has 16 heavy (non-hydrogen) atoms. The van der Waals surface area contributed by atoms with E-state index in [1.165, 1.54) is 0 Å². The lowest BCUT2D eigenvalue weighted by atomic mass is 10.1. The predicted molar refractivity (Wildman–Crippen MR) is 69.5 cm³/mol. The van der Waals surface area contributed by atoms with E-state index in [4.69, 9.17) is 0 Å². The van der Waals surface area contributed by atoms with Crippen LogP contribution < -0.4 is 5.32 Å². The maximum absolute atomic E-state index is 11.9. The van der Waals surface area contributed by atoms with Gasteiger partial charge in [0.25, 0.3) is 0 Å². The summed E-state index contributed by atoms with van der Waals surface area (Å²) in [5, 5.41) is 3.34. The van der Waals surface area contributed by atoms with E-state index < -0.39 is 0 Å². The maximum atomic E-state index is 11.9. The molecule has 1 N–H and O–H groups in total. The van der Waals surface area contributed by atoms with E-state index in [1.54, 1.807) is 0 Å². The number of amides is 1. The Bertz CT molecular complexity index is 204. The van der Waals surface area contributed by atoms with Crippen molar-refractivity contribution in [1.29, 1.82) is 0 Å². The SMILES string of the molecule is CCC(CC)N(C)C(=O)CCNC(C)(C)C. The number of rotatable bonds is 6. The Morgan fingerprint density at radius 2 is 1.75 bits per heavy atom. The number of hydrogen-bond acceptors (Lipinski definition) is 2. The van der Waals surface area contributed by atoms with Gasteiger partial charge in [-0.25, -0.2) is 0 Å². The van der Waals surface area contributed by atoms with E-state index in [-0.39, 0.29) is 11.4 Å². The first-order valence-corrected chi connectivity index (χ1v) is 6.32. The highest BCUT2D eigenvalue weighted by Gasteiger charge is 2.17. The van der Waals surface area contributed by atoms with Crippen LogP contribution in [0.2, 0.25) is 0 Å². The molecular formula is C13H28N2O. The summed E-state index contributed by atoms with van der Waals surface area (Å²) < 4.78 is 0. The van der Waals surface area contributed by atoms with E-state index in [0.29, 0.717) is 12.5 Å². The van der Waals surface area contributed by atoms with Gasteiger partial charge in [-0.3, -0.25) is 4.79 Å². The van der Waals surface area contributed by atoms with Crippen LogP contribution in [0, 0.1) is 0 Å². The molecule has 0 rings (SSSR count). The van der Waals surface area contributed by atoms with Crippen molar-refractivity contribution in [3.8, 4) is 0 Å². The molecule has 0 unspecified atom stereocenters. The summed E-state index contributed by atoms with van der Waals surface area (Å²) in [5.41, 5.74) is 0.0910. The van der Waals surface area contributed by atoms with Crippen LogP contribution in [0.25, 0.3) is 0 Å². The van der Waals surface area contributed by atoms with Gasteiger partial charge in [0.15, 0.2) is 0 Å². The van der Waals surface area contributed by atoms with Gasteiger partial charge in [-0.15, -0.1) is 0 Å². The molecule has 3 nitrogen and oxygen atoms in total. The lowest BCUT2D eigenvalue weighted by Gasteiger charge is -2.27. The largest absolute Gasteiger partial charge is 0.343 e. The van der Waals surface area contributed by atoms with E-state index in [1.807, 2.05) is 11.9 Å². The van der Waals surface area contributed by atoms with E-state index >= 15 is 0 Å². The molecule has 0 spiro atoms. The van der Waals surface area contributed by atoms with Crippen LogP contribution in [0.15, 0.2) is 0 Å². The van der Waals surface area contributed by atoms with Crippen LogP contribution in [-0.4, -0.2) is 36.0 Å². The molecule has 0 heterocycles. The van der Waals surface area contributed by atoms with Crippen molar-refractivity contribution in [2.75, 3.05) is 13.6 Å². The van der Waals surface area contributed by atoms with Crippen molar-refractivity contribution in [3.05, 3.63) is 0 Å². The molecule has 0 fully saturated rings. The third-order valence-electron chi connectivity index (χ3n) is 2.88. The standard InChI is InChI=1S/C13H28N2O/c1-7-11(8-2)15(6)12(16)9-10-14-13(3,4)5/h11,14H,7-10H2,1-6H3. The minimum absolute atomic E-state index is 0.0910. The molecule has 0 atom stereocenters. The van der Waals surface area contributed by atoms with Crippen molar-refractivity contribution in [3.63, 3.8) is 0 Å². The minimum Gasteiger partial charge on any atom is -0.343 e. The van der Waals surface area contributed by atoms with Crippen LogP contribution in [0.5, 0.6) is 0 Å². The summed E-state index contributed by atoms with van der Waals surface area (Å²) in [5.74, 6) is 0.241. The predicted octanol–water partition coefficient (Wildman–Crippen LogP) is 2.41. The van der Waals surface area contributed by atoms with Gasteiger partial charge in [-0.2, -0.15) is 0 Å². The zero-order valence-corrected chi connectivity index (χ0v) is 11.8. The molecule has 0 saturated carbocycles. The van der Waals surface area contributed by atoms with Crippen molar-refractivity contribution in [1.82, 2.24) is 10.2 Å². The van der Waals surface area contributed by atoms with E-state index in [0.717, 1.165) is 19.4 Å². The molecule has 0 bridgehead atoms. The third-order valence-corrected chi connectivity index (χ3v) is 2.88. The van der Waals surface area contributed by atoms with Gasteiger partial charge in [0, 0.05) is 31.6 Å². The van der Waals surface area contributed by atoms with Crippen molar-refractivity contribution in [2.45, 2.75) is 65.5 Å². The van der Waals surface area contributed by atoms with Crippen LogP contribution in [0.3, 0.4) is 0 Å². The van der Waals surface area contributed by atoms with Crippen LogP contribution in [0.1, 0.15) is 53.9 Å². The molecule has 0 aliphatic rings. The summed E-state index contributed by atoms with van der Waals surface area (Å²) in [7, 11) is 1.91. The Hall–Kier alpha value is -0.570. The molecule has 3 heteroatoms. The first-order chi connectivity index (χ1) is 7.31. The first kappa shape index (κ1) is 15.4.